The molecular weight excluding hydrogens is 216 g/mol. The van der Waals surface area contributed by atoms with E-state index in [0.717, 1.165) is 25.2 Å². The maximum absolute atomic E-state index is 9.71. The van der Waals surface area contributed by atoms with E-state index in [1.165, 1.54) is 11.1 Å². The summed E-state index contributed by atoms with van der Waals surface area (Å²) in [6.45, 7) is 2.85. The fourth-order valence-electron chi connectivity index (χ4n) is 2.40. The molecule has 0 spiro atoms. The molecule has 1 aromatic carbocycles. The number of methoxy groups -OCH3 is 1. The Morgan fingerprint density at radius 2 is 2.35 bits per heavy atom. The van der Waals surface area contributed by atoms with Gasteiger partial charge in [0.05, 0.1) is 12.7 Å². The zero-order valence-electron chi connectivity index (χ0n) is 10.2. The van der Waals surface area contributed by atoms with Gasteiger partial charge in [-0.2, -0.15) is 0 Å². The lowest BCUT2D eigenvalue weighted by atomic mass is 9.98. The summed E-state index contributed by atoms with van der Waals surface area (Å²) in [5.74, 6) is 0. The summed E-state index contributed by atoms with van der Waals surface area (Å²) >= 11 is 0. The Bertz CT molecular complexity index is 382. The Balaban J connectivity index is 1.99. The summed E-state index contributed by atoms with van der Waals surface area (Å²) in [5.41, 5.74) is 9.38. The Labute approximate surface area is 102 Å². The van der Waals surface area contributed by atoms with Crippen LogP contribution in [-0.4, -0.2) is 42.9 Å². The molecule has 0 aromatic heterocycles. The largest absolute Gasteiger partial charge is 0.398 e. The topological polar surface area (TPSA) is 58.7 Å². The molecule has 17 heavy (non-hydrogen) atoms. The second-order valence-electron chi connectivity index (χ2n) is 4.58. The van der Waals surface area contributed by atoms with Gasteiger partial charge in [-0.3, -0.25) is 4.90 Å². The number of nitrogens with two attached hydrogens (primary N) is 1. The van der Waals surface area contributed by atoms with Crippen LogP contribution in [0.3, 0.4) is 0 Å². The molecule has 1 aliphatic rings. The Kier molecular flexibility index (Phi) is 3.99. The number of β-amino-alcohol motifs (C(OH)–C–C–N with tert-alkyl or cyclic N) is 1. The van der Waals surface area contributed by atoms with E-state index in [1.54, 1.807) is 7.11 Å². The second kappa shape index (κ2) is 5.49. The van der Waals surface area contributed by atoms with Gasteiger partial charge in [-0.25, -0.2) is 0 Å². The van der Waals surface area contributed by atoms with Gasteiger partial charge in [0.2, 0.25) is 0 Å². The quantitative estimate of drug-likeness (QED) is 0.753. The number of hydrogen-bond donors (Lipinski definition) is 2. The standard InChI is InChI=1S/C13H20N2O2/c1-17-9-11(16)8-15-6-5-12-10(7-15)3-2-4-13(12)14/h2-4,11,16H,5-9,14H2,1H3. The van der Waals surface area contributed by atoms with Crippen molar-refractivity contribution in [3.8, 4) is 0 Å². The van der Waals surface area contributed by atoms with Crippen molar-refractivity contribution in [3.05, 3.63) is 29.3 Å². The molecule has 1 unspecified atom stereocenters. The minimum absolute atomic E-state index is 0.389. The van der Waals surface area contributed by atoms with Crippen molar-refractivity contribution in [1.29, 1.82) is 0 Å². The lowest BCUT2D eigenvalue weighted by Crippen LogP contribution is -2.38. The monoisotopic (exact) mass is 236 g/mol. The van der Waals surface area contributed by atoms with Crippen molar-refractivity contribution in [2.45, 2.75) is 19.1 Å². The summed E-state index contributed by atoms with van der Waals surface area (Å²) in [6, 6.07) is 6.05. The first kappa shape index (κ1) is 12.4. The number of nitrogens with zero attached hydrogens (tertiary/aromatic N) is 1. The fourth-order valence-corrected chi connectivity index (χ4v) is 2.40. The average Bonchev–Trinajstić information content (AvgIpc) is 2.29. The molecule has 1 aliphatic heterocycles. The van der Waals surface area contributed by atoms with Gasteiger partial charge >= 0.3 is 0 Å². The van der Waals surface area contributed by atoms with E-state index in [2.05, 4.69) is 11.0 Å². The van der Waals surface area contributed by atoms with Crippen molar-refractivity contribution >= 4 is 5.69 Å². The molecule has 0 fully saturated rings. The number of aliphatic hydroxyl groups excluding tert-OH is 1. The van der Waals surface area contributed by atoms with Gasteiger partial charge in [0.1, 0.15) is 0 Å². The van der Waals surface area contributed by atoms with E-state index in [4.69, 9.17) is 10.5 Å². The maximum atomic E-state index is 9.71. The van der Waals surface area contributed by atoms with Crippen LogP contribution >= 0.6 is 0 Å². The van der Waals surface area contributed by atoms with E-state index in [0.29, 0.717) is 13.2 Å². The molecule has 1 atom stereocenters. The number of hydrogen-bond acceptors (Lipinski definition) is 4. The third-order valence-corrected chi connectivity index (χ3v) is 3.21. The number of benzene rings is 1. The summed E-state index contributed by atoms with van der Waals surface area (Å²) in [4.78, 5) is 2.24. The number of anilines is 1. The minimum Gasteiger partial charge on any atom is -0.398 e. The molecule has 0 radical (unpaired) electrons. The molecule has 1 aromatic rings. The molecule has 94 valence electrons. The summed E-state index contributed by atoms with van der Waals surface area (Å²) in [5, 5.41) is 9.71. The van der Waals surface area contributed by atoms with Crippen LogP contribution in [-0.2, 0) is 17.7 Å². The van der Waals surface area contributed by atoms with Gasteiger partial charge in [0.15, 0.2) is 0 Å². The molecular formula is C13H20N2O2. The van der Waals surface area contributed by atoms with E-state index in [-0.39, 0.29) is 0 Å². The zero-order chi connectivity index (χ0) is 12.3. The van der Waals surface area contributed by atoms with Crippen LogP contribution in [0.2, 0.25) is 0 Å². The number of fused-ring (bicyclic) bond motifs is 1. The Morgan fingerprint density at radius 1 is 1.53 bits per heavy atom. The van der Waals surface area contributed by atoms with E-state index >= 15 is 0 Å². The molecule has 0 bridgehead atoms. The van der Waals surface area contributed by atoms with Crippen LogP contribution in [0.5, 0.6) is 0 Å². The number of ether oxygens (including phenoxy) is 1. The van der Waals surface area contributed by atoms with Gasteiger partial charge in [-0.15, -0.1) is 0 Å². The fraction of sp³-hybridized carbons (Fsp3) is 0.538. The summed E-state index contributed by atoms with van der Waals surface area (Å²) in [6.07, 6.45) is 0.546. The number of rotatable bonds is 4. The lowest BCUT2D eigenvalue weighted by molar-refractivity contribution is 0.0346. The first-order chi connectivity index (χ1) is 8.20. The van der Waals surface area contributed by atoms with Crippen LogP contribution in [0.4, 0.5) is 5.69 Å². The smallest absolute Gasteiger partial charge is 0.0900 e. The average molecular weight is 236 g/mol. The van der Waals surface area contributed by atoms with Crippen molar-refractivity contribution < 1.29 is 9.84 Å². The third kappa shape index (κ3) is 2.97. The summed E-state index contributed by atoms with van der Waals surface area (Å²) < 4.78 is 4.94. The van der Waals surface area contributed by atoms with Gasteiger partial charge in [-0.1, -0.05) is 12.1 Å². The van der Waals surface area contributed by atoms with E-state index in [9.17, 15) is 5.11 Å². The van der Waals surface area contributed by atoms with Crippen LogP contribution < -0.4 is 5.73 Å². The predicted molar refractivity (Wildman–Crippen MR) is 67.7 cm³/mol. The van der Waals surface area contributed by atoms with Gasteiger partial charge < -0.3 is 15.6 Å². The molecule has 1 heterocycles. The molecule has 0 saturated carbocycles. The molecule has 3 N–H and O–H groups in total. The SMILES string of the molecule is COCC(O)CN1CCc2c(N)cccc2C1. The third-order valence-electron chi connectivity index (χ3n) is 3.21. The van der Waals surface area contributed by atoms with Crippen molar-refractivity contribution in [2.75, 3.05) is 32.5 Å². The first-order valence-electron chi connectivity index (χ1n) is 5.96. The molecule has 0 amide bonds. The van der Waals surface area contributed by atoms with Crippen LogP contribution in [0, 0.1) is 0 Å². The predicted octanol–water partition coefficient (Wildman–Crippen LogP) is 0.634. The molecule has 4 nitrogen and oxygen atoms in total. The highest BCUT2D eigenvalue weighted by Gasteiger charge is 2.19. The van der Waals surface area contributed by atoms with Gasteiger partial charge in [-0.05, 0) is 23.6 Å². The maximum Gasteiger partial charge on any atom is 0.0900 e. The number of aliphatic hydroxyl groups is 1. The zero-order valence-corrected chi connectivity index (χ0v) is 10.2. The van der Waals surface area contributed by atoms with Gasteiger partial charge in [0, 0.05) is 32.4 Å². The van der Waals surface area contributed by atoms with E-state index in [1.807, 2.05) is 12.1 Å². The number of nitrogen functional groups attached to an aromatic ring is 1. The van der Waals surface area contributed by atoms with E-state index < -0.39 is 6.10 Å². The van der Waals surface area contributed by atoms with Crippen LogP contribution in [0.25, 0.3) is 0 Å². The molecule has 4 heteroatoms. The first-order valence-corrected chi connectivity index (χ1v) is 5.96. The van der Waals surface area contributed by atoms with Crippen molar-refractivity contribution in [3.63, 3.8) is 0 Å². The van der Waals surface area contributed by atoms with Crippen LogP contribution in [0.1, 0.15) is 11.1 Å². The summed E-state index contributed by atoms with van der Waals surface area (Å²) in [7, 11) is 1.61. The van der Waals surface area contributed by atoms with Gasteiger partial charge in [0.25, 0.3) is 0 Å². The highest BCUT2D eigenvalue weighted by molar-refractivity contribution is 5.51. The Morgan fingerprint density at radius 3 is 3.12 bits per heavy atom. The minimum atomic E-state index is -0.414. The Hall–Kier alpha value is -1.10. The highest BCUT2D eigenvalue weighted by atomic mass is 16.5. The van der Waals surface area contributed by atoms with Crippen molar-refractivity contribution in [2.24, 2.45) is 0 Å². The highest BCUT2D eigenvalue weighted by Crippen LogP contribution is 2.23. The second-order valence-corrected chi connectivity index (χ2v) is 4.58. The lowest BCUT2D eigenvalue weighted by Gasteiger charge is -2.30. The molecule has 2 rings (SSSR count). The molecule has 0 aliphatic carbocycles. The van der Waals surface area contributed by atoms with Crippen LogP contribution in [0.15, 0.2) is 18.2 Å². The van der Waals surface area contributed by atoms with Crippen molar-refractivity contribution in [1.82, 2.24) is 4.90 Å². The normalized spacial score (nSPS) is 17.8. The molecule has 0 saturated heterocycles.